The number of hydrogen-bond donors (Lipinski definition) is 1. The highest BCUT2D eigenvalue weighted by molar-refractivity contribution is 9.10. The van der Waals surface area contributed by atoms with E-state index in [9.17, 15) is 4.79 Å². The van der Waals surface area contributed by atoms with Crippen molar-refractivity contribution in [2.45, 2.75) is 38.1 Å². The molecule has 1 aromatic carbocycles. The van der Waals surface area contributed by atoms with Crippen LogP contribution in [-0.4, -0.2) is 10.7 Å². The van der Waals surface area contributed by atoms with Gasteiger partial charge < -0.3 is 5.32 Å². The Hall–Kier alpha value is -0.830. The predicted molar refractivity (Wildman–Crippen MR) is 70.7 cm³/mol. The minimum atomic E-state index is -0.0982. The van der Waals surface area contributed by atoms with Gasteiger partial charge in [-0.05, 0) is 31.4 Å². The molecule has 0 aliphatic rings. The summed E-state index contributed by atoms with van der Waals surface area (Å²) < 4.78 is 0. The van der Waals surface area contributed by atoms with Gasteiger partial charge in [-0.1, -0.05) is 47.1 Å². The Morgan fingerprint density at radius 2 is 2.06 bits per heavy atom. The molecule has 1 unspecified atom stereocenters. The number of hydrogen-bond acceptors (Lipinski definition) is 1. The van der Waals surface area contributed by atoms with Crippen LogP contribution in [0.5, 0.6) is 0 Å². The SMILES string of the molecule is CCC(Br)C(=O)N[C@H](C)c1ccccc1C. The van der Waals surface area contributed by atoms with E-state index >= 15 is 0 Å². The van der Waals surface area contributed by atoms with E-state index < -0.39 is 0 Å². The van der Waals surface area contributed by atoms with Gasteiger partial charge in [0, 0.05) is 0 Å². The number of halogens is 1. The largest absolute Gasteiger partial charge is 0.349 e. The fraction of sp³-hybridized carbons (Fsp3) is 0.462. The molecule has 16 heavy (non-hydrogen) atoms. The van der Waals surface area contributed by atoms with Crippen molar-refractivity contribution in [2.24, 2.45) is 0 Å². The Morgan fingerprint density at radius 3 is 2.62 bits per heavy atom. The van der Waals surface area contributed by atoms with Crippen LogP contribution in [0, 0.1) is 6.92 Å². The molecule has 1 rings (SSSR count). The van der Waals surface area contributed by atoms with Crippen molar-refractivity contribution in [2.75, 3.05) is 0 Å². The van der Waals surface area contributed by atoms with Crippen molar-refractivity contribution in [1.29, 1.82) is 0 Å². The number of carbonyl (C=O) groups is 1. The first-order valence-corrected chi connectivity index (χ1v) is 6.47. The summed E-state index contributed by atoms with van der Waals surface area (Å²) in [6, 6.07) is 8.17. The summed E-state index contributed by atoms with van der Waals surface area (Å²) in [7, 11) is 0. The van der Waals surface area contributed by atoms with E-state index in [1.54, 1.807) is 0 Å². The molecule has 0 heterocycles. The maximum atomic E-state index is 11.7. The van der Waals surface area contributed by atoms with Crippen molar-refractivity contribution in [3.05, 3.63) is 35.4 Å². The summed E-state index contributed by atoms with van der Waals surface area (Å²) in [5.74, 6) is 0.0539. The standard InChI is InChI=1S/C13H18BrNO/c1-4-12(14)13(16)15-10(3)11-8-6-5-7-9(11)2/h5-8,10,12H,4H2,1-3H3,(H,15,16)/t10-,12?/m1/s1. The summed E-state index contributed by atoms with van der Waals surface area (Å²) in [6.45, 7) is 6.05. The zero-order valence-corrected chi connectivity index (χ0v) is 11.5. The summed E-state index contributed by atoms with van der Waals surface area (Å²) in [5, 5.41) is 3.00. The molecule has 0 fully saturated rings. The van der Waals surface area contributed by atoms with Crippen LogP contribution in [0.25, 0.3) is 0 Å². The second-order valence-corrected chi connectivity index (χ2v) is 5.07. The monoisotopic (exact) mass is 283 g/mol. The van der Waals surface area contributed by atoms with Crippen molar-refractivity contribution in [3.63, 3.8) is 0 Å². The van der Waals surface area contributed by atoms with Crippen LogP contribution in [0.3, 0.4) is 0 Å². The first-order valence-electron chi connectivity index (χ1n) is 5.56. The van der Waals surface area contributed by atoms with Gasteiger partial charge in [0.05, 0.1) is 10.9 Å². The number of amides is 1. The zero-order valence-electron chi connectivity index (χ0n) is 9.96. The van der Waals surface area contributed by atoms with Gasteiger partial charge in [0.2, 0.25) is 5.91 Å². The summed E-state index contributed by atoms with van der Waals surface area (Å²) >= 11 is 3.35. The molecular weight excluding hydrogens is 266 g/mol. The number of alkyl halides is 1. The molecule has 1 amide bonds. The second-order valence-electron chi connectivity index (χ2n) is 3.96. The minimum Gasteiger partial charge on any atom is -0.349 e. The average Bonchev–Trinajstić information content (AvgIpc) is 2.28. The number of benzene rings is 1. The highest BCUT2D eigenvalue weighted by Crippen LogP contribution is 2.17. The molecule has 2 nitrogen and oxygen atoms in total. The van der Waals surface area contributed by atoms with Gasteiger partial charge in [0.25, 0.3) is 0 Å². The van der Waals surface area contributed by atoms with E-state index in [1.807, 2.05) is 26.0 Å². The Kier molecular flexibility index (Phi) is 5.00. The number of carbonyl (C=O) groups excluding carboxylic acids is 1. The van der Waals surface area contributed by atoms with Crippen LogP contribution >= 0.6 is 15.9 Å². The van der Waals surface area contributed by atoms with Crippen LogP contribution in [0.1, 0.15) is 37.4 Å². The maximum absolute atomic E-state index is 11.7. The zero-order chi connectivity index (χ0) is 12.1. The molecule has 1 aromatic rings. The van der Waals surface area contributed by atoms with E-state index in [2.05, 4.69) is 40.3 Å². The molecule has 0 bridgehead atoms. The van der Waals surface area contributed by atoms with Gasteiger partial charge in [-0.25, -0.2) is 0 Å². The highest BCUT2D eigenvalue weighted by Gasteiger charge is 2.16. The first kappa shape index (κ1) is 13.2. The Labute approximate surface area is 106 Å². The van der Waals surface area contributed by atoms with Gasteiger partial charge >= 0.3 is 0 Å². The Bertz CT molecular complexity index is 365. The van der Waals surface area contributed by atoms with Crippen LogP contribution < -0.4 is 5.32 Å². The molecule has 0 radical (unpaired) electrons. The quantitative estimate of drug-likeness (QED) is 0.844. The van der Waals surface area contributed by atoms with E-state index in [4.69, 9.17) is 0 Å². The number of aryl methyl sites for hydroxylation is 1. The highest BCUT2D eigenvalue weighted by atomic mass is 79.9. The fourth-order valence-corrected chi connectivity index (χ4v) is 1.77. The van der Waals surface area contributed by atoms with Gasteiger partial charge in [-0.3, -0.25) is 4.79 Å². The Balaban J connectivity index is 2.69. The second kappa shape index (κ2) is 6.04. The lowest BCUT2D eigenvalue weighted by Gasteiger charge is -2.18. The molecular formula is C13H18BrNO. The molecule has 0 saturated heterocycles. The molecule has 0 aliphatic heterocycles. The van der Waals surface area contributed by atoms with E-state index in [0.29, 0.717) is 0 Å². The number of rotatable bonds is 4. The summed E-state index contributed by atoms with van der Waals surface area (Å²) in [5.41, 5.74) is 2.38. The molecule has 88 valence electrons. The van der Waals surface area contributed by atoms with Gasteiger partial charge in [0.1, 0.15) is 0 Å². The summed E-state index contributed by atoms with van der Waals surface area (Å²) in [6.07, 6.45) is 0.798. The first-order chi connectivity index (χ1) is 7.56. The number of nitrogens with one attached hydrogen (secondary N) is 1. The van der Waals surface area contributed by atoms with Crippen LogP contribution in [0.15, 0.2) is 24.3 Å². The van der Waals surface area contributed by atoms with Crippen LogP contribution in [0.4, 0.5) is 0 Å². The van der Waals surface area contributed by atoms with E-state index in [-0.39, 0.29) is 16.8 Å². The Morgan fingerprint density at radius 1 is 1.44 bits per heavy atom. The topological polar surface area (TPSA) is 29.1 Å². The lowest BCUT2D eigenvalue weighted by Crippen LogP contribution is -2.33. The third-order valence-electron chi connectivity index (χ3n) is 2.66. The lowest BCUT2D eigenvalue weighted by atomic mass is 10.0. The van der Waals surface area contributed by atoms with Gasteiger partial charge in [-0.15, -0.1) is 0 Å². The molecule has 0 aliphatic carbocycles. The van der Waals surface area contributed by atoms with Crippen LogP contribution in [-0.2, 0) is 4.79 Å². The molecule has 0 spiro atoms. The lowest BCUT2D eigenvalue weighted by molar-refractivity contribution is -0.121. The van der Waals surface area contributed by atoms with Crippen molar-refractivity contribution in [3.8, 4) is 0 Å². The molecule has 3 heteroatoms. The maximum Gasteiger partial charge on any atom is 0.234 e. The fourth-order valence-electron chi connectivity index (χ4n) is 1.64. The van der Waals surface area contributed by atoms with Crippen molar-refractivity contribution in [1.82, 2.24) is 5.32 Å². The van der Waals surface area contributed by atoms with Gasteiger partial charge in [-0.2, -0.15) is 0 Å². The van der Waals surface area contributed by atoms with Crippen molar-refractivity contribution >= 4 is 21.8 Å². The summed E-state index contributed by atoms with van der Waals surface area (Å²) in [4.78, 5) is 11.6. The van der Waals surface area contributed by atoms with E-state index in [1.165, 1.54) is 11.1 Å². The van der Waals surface area contributed by atoms with Crippen LogP contribution in [0.2, 0.25) is 0 Å². The minimum absolute atomic E-state index is 0.0539. The predicted octanol–water partition coefficient (Wildman–Crippen LogP) is 3.35. The molecule has 0 saturated carbocycles. The average molecular weight is 284 g/mol. The van der Waals surface area contributed by atoms with E-state index in [0.717, 1.165) is 6.42 Å². The third-order valence-corrected chi connectivity index (χ3v) is 3.72. The molecule has 0 aromatic heterocycles. The normalized spacial score (nSPS) is 14.2. The third kappa shape index (κ3) is 3.34. The van der Waals surface area contributed by atoms with Crippen molar-refractivity contribution < 1.29 is 4.79 Å². The molecule has 2 atom stereocenters. The van der Waals surface area contributed by atoms with Gasteiger partial charge in [0.15, 0.2) is 0 Å². The smallest absolute Gasteiger partial charge is 0.234 e. The molecule has 1 N–H and O–H groups in total.